The first-order chi connectivity index (χ1) is 13.4. The summed E-state index contributed by atoms with van der Waals surface area (Å²) in [7, 11) is -3.75. The maximum atomic E-state index is 13.3. The molecule has 140 valence electrons. The molecule has 0 saturated heterocycles. The monoisotopic (exact) mass is 390 g/mol. The van der Waals surface area contributed by atoms with Gasteiger partial charge in [0.25, 0.3) is 0 Å². The van der Waals surface area contributed by atoms with Gasteiger partial charge in [-0.2, -0.15) is 0 Å². The minimum atomic E-state index is -3.75. The van der Waals surface area contributed by atoms with Crippen LogP contribution in [0, 0.1) is 0 Å². The van der Waals surface area contributed by atoms with Crippen molar-refractivity contribution in [1.82, 2.24) is 0 Å². The summed E-state index contributed by atoms with van der Waals surface area (Å²) in [5.41, 5.74) is 0.331. The van der Waals surface area contributed by atoms with E-state index in [1.165, 1.54) is 0 Å². The lowest BCUT2D eigenvalue weighted by Crippen LogP contribution is -2.40. The molecule has 28 heavy (non-hydrogen) atoms. The van der Waals surface area contributed by atoms with Gasteiger partial charge in [-0.3, -0.25) is 0 Å². The van der Waals surface area contributed by atoms with Crippen molar-refractivity contribution in [2.45, 2.75) is 22.3 Å². The molecule has 0 N–H and O–H groups in total. The van der Waals surface area contributed by atoms with Crippen molar-refractivity contribution in [2.24, 2.45) is 0 Å². The summed E-state index contributed by atoms with van der Waals surface area (Å²) in [5.74, 6) is -0.590. The Labute approximate surface area is 164 Å². The maximum Gasteiger partial charge on any atom is 0.334 e. The highest BCUT2D eigenvalue weighted by molar-refractivity contribution is 7.91. The van der Waals surface area contributed by atoms with Gasteiger partial charge in [0.15, 0.2) is 5.60 Å². The Morgan fingerprint density at radius 3 is 1.79 bits per heavy atom. The number of ether oxygens (including phenoxy) is 1. The minimum Gasteiger partial charge on any atom is -0.441 e. The van der Waals surface area contributed by atoms with E-state index in [4.69, 9.17) is 4.74 Å². The normalized spacial score (nSPS) is 15.8. The molecule has 0 saturated carbocycles. The van der Waals surface area contributed by atoms with Crippen LogP contribution in [0.25, 0.3) is 0 Å². The molecular weight excluding hydrogens is 372 g/mol. The van der Waals surface area contributed by atoms with Crippen LogP contribution in [0.15, 0.2) is 101 Å². The van der Waals surface area contributed by atoms with Crippen LogP contribution in [0.2, 0.25) is 0 Å². The Morgan fingerprint density at radius 2 is 1.29 bits per heavy atom. The van der Waals surface area contributed by atoms with Gasteiger partial charge in [0.05, 0.1) is 9.79 Å². The minimum absolute atomic E-state index is 0.132. The molecule has 4 rings (SSSR count). The van der Waals surface area contributed by atoms with Crippen molar-refractivity contribution in [3.63, 3.8) is 0 Å². The average molecular weight is 390 g/mol. The van der Waals surface area contributed by atoms with E-state index in [1.54, 1.807) is 55.5 Å². The molecular formula is C23H18O4S. The highest BCUT2D eigenvalue weighted by Crippen LogP contribution is 2.50. The van der Waals surface area contributed by atoms with E-state index >= 15 is 0 Å². The van der Waals surface area contributed by atoms with Gasteiger partial charge >= 0.3 is 5.97 Å². The van der Waals surface area contributed by atoms with Gasteiger partial charge in [-0.15, -0.1) is 0 Å². The molecule has 0 aromatic heterocycles. The Kier molecular flexibility index (Phi) is 4.20. The summed E-state index contributed by atoms with van der Waals surface area (Å²) in [5, 5.41) is 0. The van der Waals surface area contributed by atoms with Crippen LogP contribution in [-0.2, 0) is 25.0 Å². The molecule has 0 bridgehead atoms. The van der Waals surface area contributed by atoms with Crippen LogP contribution in [0.4, 0.5) is 0 Å². The van der Waals surface area contributed by atoms with Crippen LogP contribution in [-0.4, -0.2) is 14.4 Å². The van der Waals surface area contributed by atoms with Crippen molar-refractivity contribution in [3.05, 3.63) is 108 Å². The molecule has 3 aromatic carbocycles. The molecule has 4 nitrogen and oxygen atoms in total. The Bertz CT molecular complexity index is 1140. The average Bonchev–Trinajstić information content (AvgIpc) is 2.72. The zero-order valence-electron chi connectivity index (χ0n) is 15.3. The molecule has 0 aliphatic carbocycles. The lowest BCUT2D eigenvalue weighted by molar-refractivity contribution is -0.148. The quantitative estimate of drug-likeness (QED) is 0.496. The van der Waals surface area contributed by atoms with Crippen LogP contribution in [0.5, 0.6) is 0 Å². The molecule has 1 heterocycles. The fourth-order valence-corrected chi connectivity index (χ4v) is 5.38. The van der Waals surface area contributed by atoms with Gasteiger partial charge in [-0.25, -0.2) is 13.2 Å². The van der Waals surface area contributed by atoms with Crippen molar-refractivity contribution in [3.8, 4) is 0 Å². The highest BCUT2D eigenvalue weighted by Gasteiger charge is 2.50. The van der Waals surface area contributed by atoms with Gasteiger partial charge in [0, 0.05) is 22.3 Å². The largest absolute Gasteiger partial charge is 0.441 e. The molecule has 0 unspecified atom stereocenters. The highest BCUT2D eigenvalue weighted by atomic mass is 32.2. The van der Waals surface area contributed by atoms with Gasteiger partial charge in [0.2, 0.25) is 9.84 Å². The Hall–Kier alpha value is -3.18. The summed E-state index contributed by atoms with van der Waals surface area (Å²) < 4.78 is 32.6. The molecule has 0 spiro atoms. The summed E-state index contributed by atoms with van der Waals surface area (Å²) in [6.45, 7) is 5.26. The third kappa shape index (κ3) is 2.51. The third-order valence-corrected chi connectivity index (χ3v) is 6.76. The van der Waals surface area contributed by atoms with E-state index in [1.807, 2.05) is 30.3 Å². The Morgan fingerprint density at radius 1 is 0.821 bits per heavy atom. The molecule has 5 heteroatoms. The first kappa shape index (κ1) is 18.2. The number of carbonyl (C=O) groups excluding carboxylic acids is 1. The molecule has 3 aromatic rings. The van der Waals surface area contributed by atoms with E-state index in [9.17, 15) is 13.2 Å². The number of rotatable bonds is 3. The number of carbonyl (C=O) groups is 1. The molecule has 0 atom stereocenters. The van der Waals surface area contributed by atoms with E-state index < -0.39 is 21.4 Å². The molecule has 0 radical (unpaired) electrons. The topological polar surface area (TPSA) is 60.4 Å². The van der Waals surface area contributed by atoms with E-state index in [0.717, 1.165) is 0 Å². The predicted molar refractivity (Wildman–Crippen MR) is 106 cm³/mol. The second-order valence-electron chi connectivity index (χ2n) is 6.71. The van der Waals surface area contributed by atoms with Gasteiger partial charge < -0.3 is 4.74 Å². The first-order valence-electron chi connectivity index (χ1n) is 8.77. The summed E-state index contributed by atoms with van der Waals surface area (Å²) in [6.07, 6.45) is 0. The van der Waals surface area contributed by atoms with Gasteiger partial charge in [-0.1, -0.05) is 73.3 Å². The number of hydrogen-bond donors (Lipinski definition) is 0. The second kappa shape index (κ2) is 6.46. The van der Waals surface area contributed by atoms with Crippen molar-refractivity contribution in [2.75, 3.05) is 0 Å². The standard InChI is InChI=1S/C23H18O4S/c1-16(2)22(24)27-23(17-10-4-3-5-11-17)18-12-6-8-14-20(18)28(25,26)21-15-9-7-13-19(21)23/h3-15H,1H2,2H3. The van der Waals surface area contributed by atoms with Crippen molar-refractivity contribution >= 4 is 15.8 Å². The summed E-state index contributed by atoms with van der Waals surface area (Å²) in [4.78, 5) is 13.0. The maximum absolute atomic E-state index is 13.3. The number of benzene rings is 3. The second-order valence-corrected chi connectivity index (χ2v) is 8.60. The van der Waals surface area contributed by atoms with E-state index in [0.29, 0.717) is 16.7 Å². The molecule has 1 aliphatic heterocycles. The van der Waals surface area contributed by atoms with Crippen LogP contribution in [0.3, 0.4) is 0 Å². The first-order valence-corrected chi connectivity index (χ1v) is 10.3. The lowest BCUT2D eigenvalue weighted by atomic mass is 9.79. The number of fused-ring (bicyclic) bond motifs is 2. The van der Waals surface area contributed by atoms with Crippen LogP contribution < -0.4 is 0 Å². The number of hydrogen-bond acceptors (Lipinski definition) is 4. The van der Waals surface area contributed by atoms with E-state index in [-0.39, 0.29) is 15.4 Å². The Balaban J connectivity index is 2.18. The zero-order valence-corrected chi connectivity index (χ0v) is 16.1. The third-order valence-electron chi connectivity index (χ3n) is 4.89. The predicted octanol–water partition coefficient (Wildman–Crippen LogP) is 4.24. The smallest absolute Gasteiger partial charge is 0.334 e. The van der Waals surface area contributed by atoms with E-state index in [2.05, 4.69) is 6.58 Å². The SMILES string of the molecule is C=C(C)C(=O)OC1(c2ccccc2)c2ccccc2S(=O)(=O)c2ccccc21. The fourth-order valence-electron chi connectivity index (χ4n) is 3.63. The summed E-state index contributed by atoms with van der Waals surface area (Å²) >= 11 is 0. The van der Waals surface area contributed by atoms with Crippen molar-refractivity contribution < 1.29 is 17.9 Å². The molecule has 1 aliphatic rings. The number of esters is 1. The van der Waals surface area contributed by atoms with Gasteiger partial charge in [0.1, 0.15) is 0 Å². The lowest BCUT2D eigenvalue weighted by Gasteiger charge is -2.40. The number of sulfone groups is 1. The molecule has 0 fully saturated rings. The summed E-state index contributed by atoms with van der Waals surface area (Å²) in [6, 6.07) is 22.5. The fraction of sp³-hybridized carbons (Fsp3) is 0.0870. The zero-order chi connectivity index (χ0) is 19.9. The van der Waals surface area contributed by atoms with Crippen molar-refractivity contribution in [1.29, 1.82) is 0 Å². The molecule has 0 amide bonds. The van der Waals surface area contributed by atoms with Crippen LogP contribution >= 0.6 is 0 Å². The van der Waals surface area contributed by atoms with Gasteiger partial charge in [-0.05, 0) is 19.1 Å². The van der Waals surface area contributed by atoms with Crippen LogP contribution in [0.1, 0.15) is 23.6 Å².